The molecule has 0 radical (unpaired) electrons. The molecule has 0 aliphatic heterocycles. The smallest absolute Gasteiger partial charge is 0.329 e. The summed E-state index contributed by atoms with van der Waals surface area (Å²) in [6.07, 6.45) is -1.19. The molecule has 11 heteroatoms. The number of aromatic amines is 1. The average molecular weight is 528 g/mol. The van der Waals surface area contributed by atoms with Crippen LogP contribution in [0.4, 0.5) is 0 Å². The lowest BCUT2D eigenvalue weighted by molar-refractivity contribution is -0.104. The van der Waals surface area contributed by atoms with Gasteiger partial charge in [0.05, 0.1) is 13.0 Å². The minimum Gasteiger partial charge on any atom is -0.491 e. The summed E-state index contributed by atoms with van der Waals surface area (Å²) in [6.45, 7) is 1.49. The molecule has 1 atom stereocenters. The van der Waals surface area contributed by atoms with Gasteiger partial charge in [0.1, 0.15) is 18.2 Å². The zero-order chi connectivity index (χ0) is 26.5. The fourth-order valence-electron chi connectivity index (χ4n) is 4.04. The number of nitrogens with one attached hydrogen (secondary N) is 1. The first-order chi connectivity index (χ1) is 17.7. The lowest BCUT2D eigenvalue weighted by atomic mass is 10.2. The zero-order valence-electron chi connectivity index (χ0n) is 21.0. The van der Waals surface area contributed by atoms with E-state index in [0.29, 0.717) is 17.4 Å². The molecule has 2 heterocycles. The minimum atomic E-state index is -1.19. The van der Waals surface area contributed by atoms with E-state index >= 15 is 0 Å². The molecule has 0 bridgehead atoms. The number of imidazole rings is 1. The Kier molecular flexibility index (Phi) is 8.45. The van der Waals surface area contributed by atoms with E-state index in [1.54, 1.807) is 16.7 Å². The summed E-state index contributed by atoms with van der Waals surface area (Å²) in [5, 5.41) is 11.2. The Morgan fingerprint density at radius 2 is 1.86 bits per heavy atom. The molecule has 0 fully saturated rings. The normalized spacial score (nSPS) is 12.4. The molecule has 0 aliphatic rings. The van der Waals surface area contributed by atoms with E-state index in [-0.39, 0.29) is 30.8 Å². The van der Waals surface area contributed by atoms with Crippen LogP contribution in [0.3, 0.4) is 0 Å². The van der Waals surface area contributed by atoms with Crippen molar-refractivity contribution in [3.8, 4) is 5.75 Å². The predicted octanol–water partition coefficient (Wildman–Crippen LogP) is 2.14. The second-order valence-electron chi connectivity index (χ2n) is 8.99. The van der Waals surface area contributed by atoms with Crippen LogP contribution in [0.2, 0.25) is 5.02 Å². The Labute approximate surface area is 218 Å². The van der Waals surface area contributed by atoms with E-state index in [1.807, 2.05) is 50.5 Å². The molecule has 196 valence electrons. The number of fused-ring (bicyclic) bond motifs is 1. The maximum absolute atomic E-state index is 12.7. The van der Waals surface area contributed by atoms with Gasteiger partial charge < -0.3 is 24.0 Å². The van der Waals surface area contributed by atoms with Gasteiger partial charge >= 0.3 is 5.69 Å². The third kappa shape index (κ3) is 6.66. The molecule has 0 spiro atoms. The number of ether oxygens (including phenoxy) is 2. The van der Waals surface area contributed by atoms with Crippen molar-refractivity contribution in [3.05, 3.63) is 91.3 Å². The highest BCUT2D eigenvalue weighted by molar-refractivity contribution is 6.30. The van der Waals surface area contributed by atoms with Gasteiger partial charge in [0, 0.05) is 25.2 Å². The van der Waals surface area contributed by atoms with Crippen molar-refractivity contribution < 1.29 is 14.6 Å². The topological polar surface area (TPSA) is 115 Å². The molecule has 2 aromatic heterocycles. The van der Waals surface area contributed by atoms with E-state index in [1.165, 1.54) is 11.6 Å². The second kappa shape index (κ2) is 11.7. The molecule has 4 rings (SSSR count). The summed E-state index contributed by atoms with van der Waals surface area (Å²) in [5.74, 6) is 1.13. The Bertz CT molecular complexity index is 1480. The van der Waals surface area contributed by atoms with Crippen molar-refractivity contribution in [2.45, 2.75) is 25.8 Å². The first kappa shape index (κ1) is 26.6. The van der Waals surface area contributed by atoms with Gasteiger partial charge in [0.25, 0.3) is 5.56 Å². The fourth-order valence-corrected chi connectivity index (χ4v) is 4.16. The Hall–Kier alpha value is -3.44. The lowest BCUT2D eigenvalue weighted by Crippen LogP contribution is -2.29. The number of H-pyrrole nitrogens is 1. The number of aliphatic hydroxyl groups excluding tert-OH is 1. The number of hydrogen-bond donors (Lipinski definition) is 2. The van der Waals surface area contributed by atoms with Crippen LogP contribution in [-0.2, 0) is 31.3 Å². The standard InChI is InChI=1S/C26H30ClN5O5/c1-30(2)15-18-5-4-6-20(13-18)36-11-12-37-22(33)14-21-28-24-23(25(34)29-26(35)31(24)3)32(21)16-17-7-9-19(27)10-8-17/h4-10,13,22,33H,11-12,14-16H2,1-3H3,(H,29,34,35). The van der Waals surface area contributed by atoms with E-state index < -0.39 is 17.5 Å². The van der Waals surface area contributed by atoms with Crippen LogP contribution >= 0.6 is 11.6 Å². The Morgan fingerprint density at radius 1 is 1.11 bits per heavy atom. The number of hydrogen-bond acceptors (Lipinski definition) is 7. The van der Waals surface area contributed by atoms with Crippen molar-refractivity contribution in [1.82, 2.24) is 24.0 Å². The monoisotopic (exact) mass is 527 g/mol. The molecule has 37 heavy (non-hydrogen) atoms. The quantitative estimate of drug-likeness (QED) is 0.227. The van der Waals surface area contributed by atoms with E-state index in [2.05, 4.69) is 14.9 Å². The van der Waals surface area contributed by atoms with E-state index in [4.69, 9.17) is 21.1 Å². The fraction of sp³-hybridized carbons (Fsp3) is 0.346. The van der Waals surface area contributed by atoms with E-state index in [0.717, 1.165) is 23.4 Å². The Morgan fingerprint density at radius 3 is 2.59 bits per heavy atom. The number of rotatable bonds is 11. The third-order valence-electron chi connectivity index (χ3n) is 5.76. The molecule has 0 saturated heterocycles. The number of benzene rings is 2. The van der Waals surface area contributed by atoms with E-state index in [9.17, 15) is 14.7 Å². The summed E-state index contributed by atoms with van der Waals surface area (Å²) >= 11 is 6.01. The van der Waals surface area contributed by atoms with Gasteiger partial charge in [-0.2, -0.15) is 0 Å². The van der Waals surface area contributed by atoms with Gasteiger partial charge in [-0.1, -0.05) is 35.9 Å². The summed E-state index contributed by atoms with van der Waals surface area (Å²) in [4.78, 5) is 33.7. The SMILES string of the molecule is CN(C)Cc1cccc(OCCOC(O)Cc2nc3c(c(=O)[nH]c(=O)n3C)n2Cc2ccc(Cl)cc2)c1. The zero-order valence-corrected chi connectivity index (χ0v) is 21.7. The van der Waals surface area contributed by atoms with Crippen LogP contribution in [0.5, 0.6) is 5.75 Å². The number of nitrogens with zero attached hydrogens (tertiary/aromatic N) is 4. The molecule has 4 aromatic rings. The van der Waals surface area contributed by atoms with Crippen molar-refractivity contribution in [3.63, 3.8) is 0 Å². The van der Waals surface area contributed by atoms with Crippen LogP contribution in [0.25, 0.3) is 11.2 Å². The predicted molar refractivity (Wildman–Crippen MR) is 141 cm³/mol. The van der Waals surface area contributed by atoms with Gasteiger partial charge in [-0.05, 0) is 49.5 Å². The molecule has 0 amide bonds. The largest absolute Gasteiger partial charge is 0.491 e. The van der Waals surface area contributed by atoms with Gasteiger partial charge in [-0.15, -0.1) is 0 Å². The molecule has 0 aliphatic carbocycles. The Balaban J connectivity index is 1.46. The van der Waals surface area contributed by atoms with Crippen LogP contribution in [0.15, 0.2) is 58.1 Å². The van der Waals surface area contributed by atoms with Gasteiger partial charge in [-0.3, -0.25) is 14.3 Å². The summed E-state index contributed by atoms with van der Waals surface area (Å²) in [7, 11) is 5.53. The van der Waals surface area contributed by atoms with Crippen LogP contribution < -0.4 is 16.0 Å². The number of aryl methyl sites for hydroxylation is 1. The molecule has 2 N–H and O–H groups in total. The molecule has 2 aromatic carbocycles. The first-order valence-corrected chi connectivity index (χ1v) is 12.2. The number of aliphatic hydroxyl groups is 1. The highest BCUT2D eigenvalue weighted by atomic mass is 35.5. The van der Waals surface area contributed by atoms with Gasteiger partial charge in [0.15, 0.2) is 17.5 Å². The van der Waals surface area contributed by atoms with Crippen LogP contribution in [0.1, 0.15) is 17.0 Å². The maximum atomic E-state index is 12.7. The lowest BCUT2D eigenvalue weighted by Gasteiger charge is -2.15. The molecular formula is C26H30ClN5O5. The molecular weight excluding hydrogens is 498 g/mol. The highest BCUT2D eigenvalue weighted by Gasteiger charge is 2.20. The van der Waals surface area contributed by atoms with Crippen LogP contribution in [0, 0.1) is 0 Å². The summed E-state index contributed by atoms with van der Waals surface area (Å²) < 4.78 is 14.3. The number of halogens is 1. The molecule has 0 saturated carbocycles. The summed E-state index contributed by atoms with van der Waals surface area (Å²) in [6, 6.07) is 15.0. The minimum absolute atomic E-state index is 0.00815. The second-order valence-corrected chi connectivity index (χ2v) is 9.43. The van der Waals surface area contributed by atoms with Crippen molar-refractivity contribution in [2.75, 3.05) is 27.3 Å². The van der Waals surface area contributed by atoms with Crippen LogP contribution in [-0.4, -0.2) is 62.7 Å². The van der Waals surface area contributed by atoms with Crippen molar-refractivity contribution >= 4 is 22.8 Å². The van der Waals surface area contributed by atoms with Gasteiger partial charge in [-0.25, -0.2) is 9.78 Å². The maximum Gasteiger partial charge on any atom is 0.329 e. The molecule has 10 nitrogen and oxygen atoms in total. The number of aromatic nitrogens is 4. The van der Waals surface area contributed by atoms with Crippen molar-refractivity contribution in [2.24, 2.45) is 7.05 Å². The first-order valence-electron chi connectivity index (χ1n) is 11.8. The third-order valence-corrected chi connectivity index (χ3v) is 6.01. The van der Waals surface area contributed by atoms with Gasteiger partial charge in [0.2, 0.25) is 0 Å². The molecule has 1 unspecified atom stereocenters. The highest BCUT2D eigenvalue weighted by Crippen LogP contribution is 2.18. The average Bonchev–Trinajstić information content (AvgIpc) is 3.20. The summed E-state index contributed by atoms with van der Waals surface area (Å²) in [5.41, 5.74) is 1.35. The van der Waals surface area contributed by atoms with Crippen molar-refractivity contribution in [1.29, 1.82) is 0 Å².